The van der Waals surface area contributed by atoms with Crippen molar-refractivity contribution in [1.29, 1.82) is 0 Å². The fourth-order valence-electron chi connectivity index (χ4n) is 6.93. The zero-order valence-electron chi connectivity index (χ0n) is 37.7. The number of carbonyl (C=O) groups is 7. The summed E-state index contributed by atoms with van der Waals surface area (Å²) in [6.45, 7) is 7.81. The Hall–Kier alpha value is -6.17. The lowest BCUT2D eigenvalue weighted by atomic mass is 9.91. The molecule has 2 aliphatic rings. The van der Waals surface area contributed by atoms with Crippen LogP contribution in [0.1, 0.15) is 59.9 Å². The molecule has 22 heteroatoms. The van der Waals surface area contributed by atoms with E-state index in [1.165, 1.54) is 0 Å². The summed E-state index contributed by atoms with van der Waals surface area (Å²) >= 11 is 0. The largest absolute Gasteiger partial charge is 0.394 e. The Balaban J connectivity index is 1.23. The molecule has 66 heavy (non-hydrogen) atoms. The van der Waals surface area contributed by atoms with E-state index in [4.69, 9.17) is 9.47 Å². The normalized spacial score (nSPS) is 19.7. The minimum absolute atomic E-state index is 0.138. The molecule has 3 aromatic rings. The molecule has 6 amide bonds. The van der Waals surface area contributed by atoms with Gasteiger partial charge in [-0.3, -0.25) is 33.6 Å². The molecular weight excluding hydrogens is 863 g/mol. The summed E-state index contributed by atoms with van der Waals surface area (Å²) in [5, 5.41) is 61.3. The summed E-state index contributed by atoms with van der Waals surface area (Å²) < 4.78 is 12.8. The van der Waals surface area contributed by atoms with Gasteiger partial charge in [0.05, 0.1) is 62.9 Å². The number of aliphatic hydroxyl groups excluding tert-OH is 4. The molecule has 3 heterocycles. The van der Waals surface area contributed by atoms with Crippen molar-refractivity contribution in [2.75, 3.05) is 44.3 Å². The number of nitrogens with one attached hydrogen (secondary N) is 5. The van der Waals surface area contributed by atoms with Gasteiger partial charge in [-0.1, -0.05) is 68.4 Å². The molecule has 6 atom stereocenters. The number of rotatable bonds is 17. The molecule has 0 radical (unpaired) electrons. The summed E-state index contributed by atoms with van der Waals surface area (Å²) in [4.78, 5) is 91.7. The van der Waals surface area contributed by atoms with Gasteiger partial charge < -0.3 is 61.4 Å². The number of aromatic nitrogens is 3. The lowest BCUT2D eigenvalue weighted by molar-refractivity contribution is -0.301. The standard InChI is InChI=1S/C44H59N9O13/c1-43(2,3)30(55)17-45-32(57)18-46-33(58)19-47-34(59)20-48-41(64)27(23-65-42-40(63)39(62)38(61)29(22-54)66-42)49-31(56)15-16-35(60)52-21-24-11-7-8-12-25(24)37-36(26-13-9-10-14-28(26)52)50-51-53(37)44(4,5)6/h7-14,27,29,38-40,42,54,61-63H,15-23H2,1-6H3,(H,45,57)(H,46,58)(H,47,59)(H,48,64)(H,49,56)/t27-,29?,38+,39-,40?,42+/m0/s1. The van der Waals surface area contributed by atoms with Crippen LogP contribution in [0.15, 0.2) is 48.5 Å². The Kier molecular flexibility index (Phi) is 16.8. The maximum atomic E-state index is 14.2. The molecule has 0 bridgehead atoms. The first-order valence-corrected chi connectivity index (χ1v) is 21.4. The lowest BCUT2D eigenvalue weighted by Crippen LogP contribution is -2.60. The van der Waals surface area contributed by atoms with Crippen LogP contribution in [0.4, 0.5) is 5.69 Å². The van der Waals surface area contributed by atoms with Crippen molar-refractivity contribution in [2.24, 2.45) is 5.41 Å². The SMILES string of the molecule is CC(C)(C)C(=O)CNC(=O)CNC(=O)CNC(=O)CNC(=O)[C@H](CO[C@@H]1OC(CO)[C@@H](O)[C@H](O)C1O)NC(=O)CCC(=O)N1Cc2ccccc2-c2c(nnn2C(C)(C)C)-c2ccccc21. The molecule has 1 fully saturated rings. The number of ether oxygens (including phenoxy) is 2. The van der Waals surface area contributed by atoms with Crippen LogP contribution in [0, 0.1) is 5.41 Å². The molecule has 0 saturated carbocycles. The van der Waals surface area contributed by atoms with E-state index in [2.05, 4.69) is 36.9 Å². The second-order valence-corrected chi connectivity index (χ2v) is 17.9. The summed E-state index contributed by atoms with van der Waals surface area (Å²) in [6.07, 6.45) is -9.11. The number of hydrogen-bond donors (Lipinski definition) is 9. The van der Waals surface area contributed by atoms with Gasteiger partial charge in [-0.15, -0.1) is 5.10 Å². The highest BCUT2D eigenvalue weighted by molar-refractivity contribution is 6.01. The Morgan fingerprint density at radius 1 is 0.758 bits per heavy atom. The van der Waals surface area contributed by atoms with Crippen molar-refractivity contribution >= 4 is 46.9 Å². The van der Waals surface area contributed by atoms with Crippen LogP contribution >= 0.6 is 0 Å². The van der Waals surface area contributed by atoms with Crippen LogP contribution < -0.4 is 31.5 Å². The third-order valence-corrected chi connectivity index (χ3v) is 10.7. The first-order chi connectivity index (χ1) is 31.1. The molecule has 0 spiro atoms. The minimum atomic E-state index is -1.84. The average Bonchev–Trinajstić information content (AvgIpc) is 3.73. The van der Waals surface area contributed by atoms with E-state index in [1.54, 1.807) is 37.8 Å². The molecule has 1 saturated heterocycles. The van der Waals surface area contributed by atoms with Crippen molar-refractivity contribution in [1.82, 2.24) is 41.6 Å². The van der Waals surface area contributed by atoms with Crippen molar-refractivity contribution in [3.05, 3.63) is 54.1 Å². The summed E-state index contributed by atoms with van der Waals surface area (Å²) in [6, 6.07) is 13.2. The average molecular weight is 922 g/mol. The fraction of sp³-hybridized carbons (Fsp3) is 0.523. The van der Waals surface area contributed by atoms with Crippen LogP contribution in [0.2, 0.25) is 0 Å². The van der Waals surface area contributed by atoms with Crippen LogP contribution in [0.3, 0.4) is 0 Å². The van der Waals surface area contributed by atoms with Gasteiger partial charge in [0.25, 0.3) is 0 Å². The molecule has 22 nitrogen and oxygen atoms in total. The van der Waals surface area contributed by atoms with Gasteiger partial charge in [0.1, 0.15) is 36.2 Å². The van der Waals surface area contributed by atoms with Gasteiger partial charge in [0.2, 0.25) is 35.4 Å². The smallest absolute Gasteiger partial charge is 0.245 e. The predicted molar refractivity (Wildman–Crippen MR) is 234 cm³/mol. The number of para-hydroxylation sites is 1. The van der Waals surface area contributed by atoms with Gasteiger partial charge in [0.15, 0.2) is 12.1 Å². The number of carbonyl (C=O) groups excluding carboxylic acids is 7. The van der Waals surface area contributed by atoms with E-state index >= 15 is 0 Å². The van der Waals surface area contributed by atoms with E-state index < -0.39 is 122 Å². The Morgan fingerprint density at radius 3 is 1.97 bits per heavy atom. The van der Waals surface area contributed by atoms with Gasteiger partial charge in [-0.05, 0) is 32.4 Å². The number of ketones is 1. The highest BCUT2D eigenvalue weighted by Crippen LogP contribution is 2.42. The van der Waals surface area contributed by atoms with Crippen LogP contribution in [0.25, 0.3) is 22.5 Å². The number of anilines is 1. The van der Waals surface area contributed by atoms with Crippen molar-refractivity contribution in [2.45, 2.75) is 103 Å². The zero-order chi connectivity index (χ0) is 48.5. The monoisotopic (exact) mass is 921 g/mol. The number of Topliss-reactive ketones (excluding diaryl/α,β-unsaturated/α-hetero) is 1. The van der Waals surface area contributed by atoms with Gasteiger partial charge >= 0.3 is 0 Å². The number of benzene rings is 2. The fourth-order valence-corrected chi connectivity index (χ4v) is 6.93. The van der Waals surface area contributed by atoms with Crippen LogP contribution in [0.5, 0.6) is 0 Å². The van der Waals surface area contributed by atoms with Crippen LogP contribution in [-0.2, 0) is 55.1 Å². The molecule has 0 aliphatic carbocycles. The zero-order valence-corrected chi connectivity index (χ0v) is 37.7. The maximum absolute atomic E-state index is 14.2. The molecule has 2 unspecified atom stereocenters. The lowest BCUT2D eigenvalue weighted by Gasteiger charge is -2.39. The first kappa shape index (κ1) is 50.8. The van der Waals surface area contributed by atoms with Gasteiger partial charge in [-0.25, -0.2) is 4.68 Å². The third kappa shape index (κ3) is 12.8. The Labute approximate surface area is 380 Å². The topological polar surface area (TPSA) is 313 Å². The molecule has 1 aromatic heterocycles. The van der Waals surface area contributed by atoms with Crippen LogP contribution in [-0.4, -0.2) is 153 Å². The van der Waals surface area contributed by atoms with E-state index in [9.17, 15) is 54.0 Å². The van der Waals surface area contributed by atoms with E-state index in [-0.39, 0.29) is 25.3 Å². The highest BCUT2D eigenvalue weighted by atomic mass is 16.7. The highest BCUT2D eigenvalue weighted by Gasteiger charge is 2.44. The predicted octanol–water partition coefficient (Wildman–Crippen LogP) is -1.62. The molecule has 5 rings (SSSR count). The number of fused-ring (bicyclic) bond motifs is 5. The second kappa shape index (κ2) is 21.9. The molecule has 2 aliphatic heterocycles. The maximum Gasteiger partial charge on any atom is 0.245 e. The quantitative estimate of drug-likeness (QED) is 0.0735. The number of amides is 6. The molecule has 358 valence electrons. The minimum Gasteiger partial charge on any atom is -0.394 e. The second-order valence-electron chi connectivity index (χ2n) is 17.9. The van der Waals surface area contributed by atoms with Gasteiger partial charge in [-0.2, -0.15) is 0 Å². The summed E-state index contributed by atoms with van der Waals surface area (Å²) in [5.41, 5.74) is 3.08. The third-order valence-electron chi connectivity index (χ3n) is 10.7. The van der Waals surface area contributed by atoms with E-state index in [0.717, 1.165) is 16.8 Å². The molecular formula is C44H59N9O13. The van der Waals surface area contributed by atoms with Crippen molar-refractivity contribution in [3.63, 3.8) is 0 Å². The number of nitrogens with zero attached hydrogens (tertiary/aromatic N) is 4. The van der Waals surface area contributed by atoms with E-state index in [1.807, 2.05) is 61.9 Å². The number of hydrogen-bond acceptors (Lipinski definition) is 15. The first-order valence-electron chi connectivity index (χ1n) is 21.4. The Morgan fingerprint density at radius 2 is 1.35 bits per heavy atom. The molecule has 9 N–H and O–H groups in total. The Bertz CT molecular complexity index is 2270. The van der Waals surface area contributed by atoms with Crippen molar-refractivity contribution in [3.8, 4) is 22.5 Å². The molecule has 2 aromatic carbocycles. The van der Waals surface area contributed by atoms with E-state index in [0.29, 0.717) is 16.9 Å². The number of aliphatic hydroxyl groups is 4. The van der Waals surface area contributed by atoms with Gasteiger partial charge in [0, 0.05) is 29.4 Å². The van der Waals surface area contributed by atoms with Crippen molar-refractivity contribution < 1.29 is 63.5 Å². The summed E-state index contributed by atoms with van der Waals surface area (Å²) in [5.74, 6) is -4.63. The summed E-state index contributed by atoms with van der Waals surface area (Å²) in [7, 11) is 0.